The maximum absolute atomic E-state index is 13.6. The Morgan fingerprint density at radius 2 is 1.94 bits per heavy atom. The summed E-state index contributed by atoms with van der Waals surface area (Å²) < 4.78 is 68.7. The van der Waals surface area contributed by atoms with Gasteiger partial charge in [0, 0.05) is 29.9 Å². The van der Waals surface area contributed by atoms with Crippen molar-refractivity contribution in [3.05, 3.63) is 53.5 Å². The Morgan fingerprint density at radius 1 is 1.22 bits per heavy atom. The Labute approximate surface area is 183 Å². The minimum atomic E-state index is -4.12. The molecule has 0 saturated carbocycles. The SMILES string of the molecule is Cc1cc(Nc2cccc3c2c(CC(F)F)nn3S(=O)(=O)N2CCC(O)CC2)ccc1F. The lowest BCUT2D eigenvalue weighted by Gasteiger charge is -2.28. The summed E-state index contributed by atoms with van der Waals surface area (Å²) in [4.78, 5) is 0. The third-order valence-electron chi connectivity index (χ3n) is 5.50. The van der Waals surface area contributed by atoms with Crippen molar-refractivity contribution in [2.75, 3.05) is 18.4 Å². The van der Waals surface area contributed by atoms with Crippen LogP contribution in [0.3, 0.4) is 0 Å². The number of benzene rings is 2. The summed E-state index contributed by atoms with van der Waals surface area (Å²) in [5.74, 6) is -0.377. The van der Waals surface area contributed by atoms with Gasteiger partial charge in [0.25, 0.3) is 0 Å². The third kappa shape index (κ3) is 4.32. The van der Waals surface area contributed by atoms with Gasteiger partial charge in [0.05, 0.1) is 23.7 Å². The fourth-order valence-electron chi connectivity index (χ4n) is 3.85. The second-order valence-corrected chi connectivity index (χ2v) is 9.57. The Kier molecular flexibility index (Phi) is 6.15. The molecule has 0 aliphatic carbocycles. The van der Waals surface area contributed by atoms with Crippen LogP contribution in [0.5, 0.6) is 0 Å². The molecular formula is C21H23F3N4O3S. The number of hydrogen-bond acceptors (Lipinski definition) is 5. The van der Waals surface area contributed by atoms with Crippen LogP contribution in [0.4, 0.5) is 24.5 Å². The molecule has 0 unspecified atom stereocenters. The molecule has 1 aromatic heterocycles. The Morgan fingerprint density at radius 3 is 2.59 bits per heavy atom. The first kappa shape index (κ1) is 22.6. The molecule has 1 fully saturated rings. The van der Waals surface area contributed by atoms with Crippen LogP contribution in [0, 0.1) is 12.7 Å². The molecule has 2 aromatic carbocycles. The average Bonchev–Trinajstić information content (AvgIpc) is 3.11. The van der Waals surface area contributed by atoms with Crippen molar-refractivity contribution in [1.29, 1.82) is 0 Å². The van der Waals surface area contributed by atoms with E-state index in [0.717, 1.165) is 4.09 Å². The highest BCUT2D eigenvalue weighted by molar-refractivity contribution is 7.87. The van der Waals surface area contributed by atoms with E-state index in [0.29, 0.717) is 29.8 Å². The van der Waals surface area contributed by atoms with Gasteiger partial charge in [-0.05, 0) is 55.7 Å². The standard InChI is InChI=1S/C21H23F3N4O3S/c1-13-11-14(5-6-16(13)22)25-17-3-2-4-19-21(17)18(12-20(23)24)26-28(19)32(30,31)27-9-7-15(29)8-10-27/h2-6,11,15,20,25,29H,7-10,12H2,1H3. The minimum Gasteiger partial charge on any atom is -0.393 e. The smallest absolute Gasteiger partial charge is 0.323 e. The highest BCUT2D eigenvalue weighted by Crippen LogP contribution is 2.32. The topological polar surface area (TPSA) is 87.5 Å². The summed E-state index contributed by atoms with van der Waals surface area (Å²) >= 11 is 0. The quantitative estimate of drug-likeness (QED) is 0.578. The largest absolute Gasteiger partial charge is 0.393 e. The van der Waals surface area contributed by atoms with E-state index in [2.05, 4.69) is 10.4 Å². The van der Waals surface area contributed by atoms with Crippen LogP contribution in [0.15, 0.2) is 36.4 Å². The number of aliphatic hydroxyl groups excluding tert-OH is 1. The summed E-state index contributed by atoms with van der Waals surface area (Å²) in [5, 5.41) is 17.1. The van der Waals surface area contributed by atoms with E-state index >= 15 is 0 Å². The first-order valence-corrected chi connectivity index (χ1v) is 11.6. The van der Waals surface area contributed by atoms with Crippen LogP contribution in [0.25, 0.3) is 10.9 Å². The van der Waals surface area contributed by atoms with E-state index in [-0.39, 0.29) is 35.5 Å². The fourth-order valence-corrected chi connectivity index (χ4v) is 5.34. The summed E-state index contributed by atoms with van der Waals surface area (Å²) in [6.45, 7) is 1.83. The molecule has 11 heteroatoms. The second kappa shape index (κ2) is 8.72. The number of rotatable bonds is 6. The zero-order valence-corrected chi connectivity index (χ0v) is 18.1. The molecule has 172 valence electrons. The van der Waals surface area contributed by atoms with Gasteiger partial charge < -0.3 is 10.4 Å². The van der Waals surface area contributed by atoms with Crippen LogP contribution >= 0.6 is 0 Å². The monoisotopic (exact) mass is 468 g/mol. The molecule has 1 aliphatic rings. The summed E-state index contributed by atoms with van der Waals surface area (Å²) in [5.41, 5.74) is 1.42. The average molecular weight is 469 g/mol. The Hall–Kier alpha value is -2.63. The van der Waals surface area contributed by atoms with Crippen LogP contribution in [0.1, 0.15) is 24.1 Å². The molecule has 32 heavy (non-hydrogen) atoms. The molecule has 1 saturated heterocycles. The van der Waals surface area contributed by atoms with Crippen molar-refractivity contribution in [3.8, 4) is 0 Å². The molecule has 3 aromatic rings. The number of hydrogen-bond donors (Lipinski definition) is 2. The summed E-state index contributed by atoms with van der Waals surface area (Å²) in [7, 11) is -4.12. The Balaban J connectivity index is 1.82. The van der Waals surface area contributed by atoms with E-state index in [1.165, 1.54) is 22.5 Å². The van der Waals surface area contributed by atoms with Crippen molar-refractivity contribution < 1.29 is 26.7 Å². The molecule has 7 nitrogen and oxygen atoms in total. The molecule has 0 bridgehead atoms. The lowest BCUT2D eigenvalue weighted by atomic mass is 10.1. The third-order valence-corrected chi connectivity index (χ3v) is 7.23. The molecule has 2 N–H and O–H groups in total. The van der Waals surface area contributed by atoms with E-state index in [4.69, 9.17) is 0 Å². The Bertz CT molecular complexity index is 1240. The molecule has 0 atom stereocenters. The number of halogens is 3. The van der Waals surface area contributed by atoms with Crippen molar-refractivity contribution in [3.63, 3.8) is 0 Å². The molecule has 1 aliphatic heterocycles. The van der Waals surface area contributed by atoms with Crippen LogP contribution < -0.4 is 5.32 Å². The van der Waals surface area contributed by atoms with E-state index in [9.17, 15) is 26.7 Å². The van der Waals surface area contributed by atoms with Gasteiger partial charge >= 0.3 is 10.2 Å². The molecule has 2 heterocycles. The normalized spacial score (nSPS) is 16.2. The number of anilines is 2. The number of piperidine rings is 1. The number of aliphatic hydroxyl groups is 1. The van der Waals surface area contributed by atoms with Gasteiger partial charge in [-0.1, -0.05) is 6.07 Å². The van der Waals surface area contributed by atoms with Crippen LogP contribution in [-0.2, 0) is 16.6 Å². The summed E-state index contributed by atoms with van der Waals surface area (Å²) in [6.07, 6.45) is -3.44. The number of alkyl halides is 2. The van der Waals surface area contributed by atoms with Gasteiger partial charge in [0.15, 0.2) is 0 Å². The van der Waals surface area contributed by atoms with Gasteiger partial charge in [0.2, 0.25) is 6.43 Å². The molecule has 0 radical (unpaired) electrons. The predicted octanol–water partition coefficient (Wildman–Crippen LogP) is 3.58. The number of nitrogens with one attached hydrogen (secondary N) is 1. The fraction of sp³-hybridized carbons (Fsp3) is 0.381. The maximum Gasteiger partial charge on any atom is 0.323 e. The highest BCUT2D eigenvalue weighted by atomic mass is 32.2. The van der Waals surface area contributed by atoms with Gasteiger partial charge in [-0.25, -0.2) is 13.2 Å². The van der Waals surface area contributed by atoms with E-state index < -0.39 is 29.2 Å². The summed E-state index contributed by atoms with van der Waals surface area (Å²) in [6, 6.07) is 9.10. The van der Waals surface area contributed by atoms with Crippen molar-refractivity contribution in [1.82, 2.24) is 13.5 Å². The number of fused-ring (bicyclic) bond motifs is 1. The first-order valence-electron chi connectivity index (χ1n) is 10.2. The molecule has 0 spiro atoms. The molecular weight excluding hydrogens is 445 g/mol. The molecule has 4 rings (SSSR count). The lowest BCUT2D eigenvalue weighted by molar-refractivity contribution is 0.112. The van der Waals surface area contributed by atoms with Gasteiger partial charge in [-0.2, -0.15) is 17.8 Å². The highest BCUT2D eigenvalue weighted by Gasteiger charge is 2.32. The van der Waals surface area contributed by atoms with E-state index in [1.54, 1.807) is 25.1 Å². The van der Waals surface area contributed by atoms with Gasteiger partial charge in [0.1, 0.15) is 5.82 Å². The zero-order valence-electron chi connectivity index (χ0n) is 17.3. The van der Waals surface area contributed by atoms with Gasteiger partial charge in [-0.3, -0.25) is 0 Å². The number of aryl methyl sites for hydroxylation is 1. The van der Waals surface area contributed by atoms with Crippen molar-refractivity contribution in [2.45, 2.75) is 38.7 Å². The van der Waals surface area contributed by atoms with Crippen molar-refractivity contribution in [2.24, 2.45) is 0 Å². The van der Waals surface area contributed by atoms with Gasteiger partial charge in [-0.15, -0.1) is 4.09 Å². The number of aromatic nitrogens is 2. The molecule has 0 amide bonds. The number of nitrogens with zero attached hydrogens (tertiary/aromatic N) is 3. The predicted molar refractivity (Wildman–Crippen MR) is 115 cm³/mol. The second-order valence-electron chi connectivity index (χ2n) is 7.81. The maximum atomic E-state index is 13.6. The van der Waals surface area contributed by atoms with Crippen molar-refractivity contribution >= 4 is 32.5 Å². The van der Waals surface area contributed by atoms with E-state index in [1.807, 2.05) is 0 Å². The minimum absolute atomic E-state index is 0.0578. The van der Waals surface area contributed by atoms with Crippen LogP contribution in [-0.4, -0.2) is 52.6 Å². The zero-order chi connectivity index (χ0) is 23.0. The lowest BCUT2D eigenvalue weighted by Crippen LogP contribution is -2.43. The van der Waals surface area contributed by atoms with Crippen LogP contribution in [0.2, 0.25) is 0 Å². The first-order chi connectivity index (χ1) is 15.2.